The number of nitrogens with one attached hydrogen (secondary N) is 1. The number of thiazole rings is 1. The Bertz CT molecular complexity index is 1010. The largest absolute Gasteiger partial charge is 0.466 e. The molecule has 0 radical (unpaired) electrons. The fourth-order valence-corrected chi connectivity index (χ4v) is 3.42. The summed E-state index contributed by atoms with van der Waals surface area (Å²) in [6.45, 7) is 3.62. The number of aryl methyl sites for hydroxylation is 2. The maximum absolute atomic E-state index is 12.6. The number of amides is 1. The molecule has 1 aromatic carbocycles. The van der Waals surface area contributed by atoms with E-state index in [1.165, 1.54) is 0 Å². The van der Waals surface area contributed by atoms with Gasteiger partial charge in [-0.2, -0.15) is 0 Å². The van der Waals surface area contributed by atoms with Crippen LogP contribution in [-0.4, -0.2) is 15.3 Å². The van der Waals surface area contributed by atoms with Crippen molar-refractivity contribution in [3.63, 3.8) is 0 Å². The molecule has 1 amide bonds. The summed E-state index contributed by atoms with van der Waals surface area (Å²) in [5.74, 6) is 1.16. The Morgan fingerprint density at radius 1 is 1.29 bits per heavy atom. The van der Waals surface area contributed by atoms with Crippen molar-refractivity contribution in [2.75, 3.05) is 5.32 Å². The second-order valence-corrected chi connectivity index (χ2v) is 6.42. The Morgan fingerprint density at radius 3 is 2.88 bits per heavy atom. The normalized spacial score (nSPS) is 11.1. The zero-order valence-electron chi connectivity index (χ0n) is 13.2. The predicted molar refractivity (Wildman–Crippen MR) is 94.6 cm³/mol. The minimum absolute atomic E-state index is 0.183. The number of anilines is 1. The summed E-state index contributed by atoms with van der Waals surface area (Å²) in [5, 5.41) is 4.96. The van der Waals surface area contributed by atoms with Crippen molar-refractivity contribution in [3.8, 4) is 11.3 Å². The lowest BCUT2D eigenvalue weighted by Gasteiger charge is -2.09. The van der Waals surface area contributed by atoms with Gasteiger partial charge in [-0.25, -0.2) is 4.98 Å². The zero-order chi connectivity index (χ0) is 16.7. The van der Waals surface area contributed by atoms with Crippen LogP contribution in [0, 0.1) is 13.8 Å². The van der Waals surface area contributed by atoms with E-state index in [0.717, 1.165) is 27.7 Å². The monoisotopic (exact) mass is 337 g/mol. The van der Waals surface area contributed by atoms with Crippen molar-refractivity contribution in [2.45, 2.75) is 13.8 Å². The number of hydrogen-bond donors (Lipinski definition) is 1. The van der Waals surface area contributed by atoms with Crippen LogP contribution < -0.4 is 5.32 Å². The molecule has 0 bridgehead atoms. The van der Waals surface area contributed by atoms with Crippen LogP contribution >= 0.6 is 11.3 Å². The standard InChI is InChI=1S/C18H15N3O2S/c1-11-9-14(12(2)23-11)17(22)19-15-6-4-3-5-13(15)16-10-21-7-8-24-18(21)20-16/h3-10H,1-2H3,(H,19,22). The van der Waals surface area contributed by atoms with Gasteiger partial charge < -0.3 is 9.73 Å². The van der Waals surface area contributed by atoms with Crippen molar-refractivity contribution >= 4 is 27.9 Å². The van der Waals surface area contributed by atoms with Crippen LogP contribution in [0.3, 0.4) is 0 Å². The van der Waals surface area contributed by atoms with E-state index in [1.807, 2.05) is 53.4 Å². The maximum Gasteiger partial charge on any atom is 0.259 e. The van der Waals surface area contributed by atoms with Crippen molar-refractivity contribution < 1.29 is 9.21 Å². The molecular weight excluding hydrogens is 322 g/mol. The van der Waals surface area contributed by atoms with E-state index in [4.69, 9.17) is 4.42 Å². The molecule has 3 heterocycles. The summed E-state index contributed by atoms with van der Waals surface area (Å²) in [6, 6.07) is 9.41. The highest BCUT2D eigenvalue weighted by atomic mass is 32.1. The van der Waals surface area contributed by atoms with Gasteiger partial charge in [0.05, 0.1) is 16.9 Å². The van der Waals surface area contributed by atoms with Crippen LogP contribution in [0.5, 0.6) is 0 Å². The van der Waals surface area contributed by atoms with Gasteiger partial charge in [-0.3, -0.25) is 9.20 Å². The summed E-state index contributed by atoms with van der Waals surface area (Å²) in [5.41, 5.74) is 3.00. The van der Waals surface area contributed by atoms with Crippen molar-refractivity contribution in [1.29, 1.82) is 0 Å². The average Bonchev–Trinajstić information content (AvgIpc) is 3.22. The smallest absolute Gasteiger partial charge is 0.259 e. The van der Waals surface area contributed by atoms with Gasteiger partial charge in [-0.1, -0.05) is 18.2 Å². The molecule has 0 aliphatic carbocycles. The lowest BCUT2D eigenvalue weighted by molar-refractivity contribution is 0.102. The molecule has 24 heavy (non-hydrogen) atoms. The van der Waals surface area contributed by atoms with Crippen LogP contribution in [-0.2, 0) is 0 Å². The number of nitrogens with zero attached hydrogens (tertiary/aromatic N) is 2. The molecule has 0 spiro atoms. The van der Waals surface area contributed by atoms with Gasteiger partial charge in [0.1, 0.15) is 11.5 Å². The third kappa shape index (κ3) is 2.51. The van der Waals surface area contributed by atoms with Gasteiger partial charge in [0.15, 0.2) is 4.96 Å². The van der Waals surface area contributed by atoms with Gasteiger partial charge in [-0.05, 0) is 26.0 Å². The van der Waals surface area contributed by atoms with E-state index in [1.54, 1.807) is 24.3 Å². The SMILES string of the molecule is Cc1cc(C(=O)Nc2ccccc2-c2cn3ccsc3n2)c(C)o1. The number of carbonyl (C=O) groups excluding carboxylic acids is 1. The summed E-state index contributed by atoms with van der Waals surface area (Å²) < 4.78 is 7.42. The molecule has 0 atom stereocenters. The Hall–Kier alpha value is -2.86. The minimum Gasteiger partial charge on any atom is -0.466 e. The number of imidazole rings is 1. The lowest BCUT2D eigenvalue weighted by Crippen LogP contribution is -2.12. The lowest BCUT2D eigenvalue weighted by atomic mass is 10.1. The summed E-state index contributed by atoms with van der Waals surface area (Å²) in [6.07, 6.45) is 3.93. The van der Waals surface area contributed by atoms with Crippen molar-refractivity contribution in [2.24, 2.45) is 0 Å². The number of hydrogen-bond acceptors (Lipinski definition) is 4. The molecule has 120 valence electrons. The maximum atomic E-state index is 12.6. The molecule has 3 aromatic heterocycles. The number of aromatic nitrogens is 2. The molecule has 0 saturated carbocycles. The molecule has 0 saturated heterocycles. The summed E-state index contributed by atoms with van der Waals surface area (Å²) in [4.78, 5) is 18.1. The first-order chi connectivity index (χ1) is 11.6. The quantitative estimate of drug-likeness (QED) is 0.598. The third-order valence-corrected chi connectivity index (χ3v) is 4.60. The second-order valence-electron chi connectivity index (χ2n) is 5.55. The van der Waals surface area contributed by atoms with E-state index in [9.17, 15) is 4.79 Å². The molecular formula is C18H15N3O2S. The number of benzene rings is 1. The second kappa shape index (κ2) is 5.65. The van der Waals surface area contributed by atoms with Crippen LogP contribution in [0.15, 0.2) is 52.5 Å². The Kier molecular flexibility index (Phi) is 3.46. The molecule has 6 heteroatoms. The molecule has 0 fully saturated rings. The number of para-hydroxylation sites is 1. The van der Waals surface area contributed by atoms with Gasteiger partial charge in [0.25, 0.3) is 5.91 Å². The fraction of sp³-hybridized carbons (Fsp3) is 0.111. The summed E-state index contributed by atoms with van der Waals surface area (Å²) >= 11 is 1.58. The van der Waals surface area contributed by atoms with Crippen molar-refractivity contribution in [1.82, 2.24) is 9.38 Å². The first-order valence-electron chi connectivity index (χ1n) is 7.52. The van der Waals surface area contributed by atoms with Gasteiger partial charge in [0, 0.05) is 23.3 Å². The van der Waals surface area contributed by atoms with Crippen LogP contribution in [0.25, 0.3) is 16.2 Å². The molecule has 5 nitrogen and oxygen atoms in total. The Balaban J connectivity index is 1.70. The Labute approximate surface area is 142 Å². The first-order valence-corrected chi connectivity index (χ1v) is 8.40. The zero-order valence-corrected chi connectivity index (χ0v) is 14.1. The highest BCUT2D eigenvalue weighted by Gasteiger charge is 2.16. The molecule has 0 aliphatic heterocycles. The number of fused-ring (bicyclic) bond motifs is 1. The molecule has 4 aromatic rings. The summed E-state index contributed by atoms with van der Waals surface area (Å²) in [7, 11) is 0. The number of rotatable bonds is 3. The fourth-order valence-electron chi connectivity index (χ4n) is 2.72. The topological polar surface area (TPSA) is 59.5 Å². The molecule has 0 aliphatic rings. The minimum atomic E-state index is -0.183. The van der Waals surface area contributed by atoms with Gasteiger partial charge in [0.2, 0.25) is 0 Å². The van der Waals surface area contributed by atoms with E-state index in [-0.39, 0.29) is 5.91 Å². The highest BCUT2D eigenvalue weighted by Crippen LogP contribution is 2.29. The Morgan fingerprint density at radius 2 is 2.12 bits per heavy atom. The van der Waals surface area contributed by atoms with E-state index in [2.05, 4.69) is 10.3 Å². The van der Waals surface area contributed by atoms with E-state index >= 15 is 0 Å². The average molecular weight is 337 g/mol. The highest BCUT2D eigenvalue weighted by molar-refractivity contribution is 7.15. The van der Waals surface area contributed by atoms with Crippen LogP contribution in [0.4, 0.5) is 5.69 Å². The molecule has 1 N–H and O–H groups in total. The van der Waals surface area contributed by atoms with E-state index in [0.29, 0.717) is 11.3 Å². The first kappa shape index (κ1) is 14.7. The van der Waals surface area contributed by atoms with Gasteiger partial charge >= 0.3 is 0 Å². The molecule has 0 unspecified atom stereocenters. The van der Waals surface area contributed by atoms with Crippen LogP contribution in [0.2, 0.25) is 0 Å². The molecule has 4 rings (SSSR count). The third-order valence-electron chi connectivity index (χ3n) is 3.83. The van der Waals surface area contributed by atoms with E-state index < -0.39 is 0 Å². The van der Waals surface area contributed by atoms with Crippen molar-refractivity contribution in [3.05, 3.63) is 65.2 Å². The number of carbonyl (C=O) groups is 1. The van der Waals surface area contributed by atoms with Crippen LogP contribution in [0.1, 0.15) is 21.9 Å². The number of furan rings is 1. The van der Waals surface area contributed by atoms with Gasteiger partial charge in [-0.15, -0.1) is 11.3 Å². The predicted octanol–water partition coefficient (Wildman–Crippen LogP) is 4.52.